The predicted molar refractivity (Wildman–Crippen MR) is 108 cm³/mol. The maximum absolute atomic E-state index is 13.0. The number of carbonyl (C=O) groups excluding carboxylic acids is 1. The van der Waals surface area contributed by atoms with Gasteiger partial charge in [0.1, 0.15) is 4.90 Å². The number of aromatic amines is 1. The molecule has 0 fully saturated rings. The van der Waals surface area contributed by atoms with Gasteiger partial charge in [-0.1, -0.05) is 30.0 Å². The van der Waals surface area contributed by atoms with Crippen molar-refractivity contribution in [2.45, 2.75) is 29.0 Å². The van der Waals surface area contributed by atoms with E-state index in [2.05, 4.69) is 9.97 Å². The number of Topliss-reactive ketones (excluding diaryl/α,β-unsaturated/α-hetero) is 1. The fraction of sp³-hybridized carbons (Fsp3) is 0.263. The van der Waals surface area contributed by atoms with Gasteiger partial charge in [-0.2, -0.15) is 0 Å². The molecule has 27 heavy (non-hydrogen) atoms. The lowest BCUT2D eigenvalue weighted by Crippen LogP contribution is -2.22. The second-order valence-electron chi connectivity index (χ2n) is 6.41. The largest absolute Gasteiger partial charge is 0.358 e. The lowest BCUT2D eigenvalue weighted by Gasteiger charge is -2.12. The van der Waals surface area contributed by atoms with Crippen molar-refractivity contribution in [3.05, 3.63) is 53.9 Å². The van der Waals surface area contributed by atoms with E-state index >= 15 is 0 Å². The Bertz CT molecular complexity index is 1090. The Morgan fingerprint density at radius 3 is 2.52 bits per heavy atom. The number of hydrogen-bond donors (Lipinski definition) is 1. The molecule has 3 aromatic rings. The zero-order chi connectivity index (χ0) is 19.8. The van der Waals surface area contributed by atoms with Crippen LogP contribution in [-0.4, -0.2) is 47.8 Å². The van der Waals surface area contributed by atoms with Gasteiger partial charge >= 0.3 is 0 Å². The van der Waals surface area contributed by atoms with Crippen molar-refractivity contribution in [3.8, 4) is 0 Å². The summed E-state index contributed by atoms with van der Waals surface area (Å²) in [6, 6.07) is 10.9. The van der Waals surface area contributed by atoms with Crippen molar-refractivity contribution in [1.82, 2.24) is 14.3 Å². The molecule has 0 amide bonds. The van der Waals surface area contributed by atoms with Gasteiger partial charge in [-0.15, -0.1) is 0 Å². The average molecular weight is 404 g/mol. The number of aromatic nitrogens is 2. The molecule has 6 nitrogen and oxygen atoms in total. The summed E-state index contributed by atoms with van der Waals surface area (Å²) in [5.74, 6) is 0.0155. The number of sulfonamides is 1. The highest BCUT2D eigenvalue weighted by atomic mass is 32.2. The molecule has 1 aromatic carbocycles. The zero-order valence-electron chi connectivity index (χ0n) is 15.6. The summed E-state index contributed by atoms with van der Waals surface area (Å²) in [7, 11) is -0.564. The number of aryl methyl sites for hydroxylation is 1. The molecular formula is C19H21N3O3S2. The fourth-order valence-corrected chi connectivity index (χ4v) is 4.53. The van der Waals surface area contributed by atoms with Gasteiger partial charge in [0.2, 0.25) is 10.0 Å². The molecule has 3 rings (SSSR count). The third-order valence-corrected chi connectivity index (χ3v) is 7.14. The minimum Gasteiger partial charge on any atom is -0.358 e. The average Bonchev–Trinajstić information content (AvgIpc) is 2.97. The minimum absolute atomic E-state index is 0.0155. The Morgan fingerprint density at radius 1 is 1.19 bits per heavy atom. The van der Waals surface area contributed by atoms with Gasteiger partial charge in [-0.3, -0.25) is 4.79 Å². The minimum atomic E-state index is -3.51. The fourth-order valence-electron chi connectivity index (χ4n) is 2.83. The van der Waals surface area contributed by atoms with Crippen LogP contribution in [-0.2, 0) is 10.0 Å². The molecule has 0 aliphatic heterocycles. The Balaban J connectivity index is 1.82. The Kier molecular flexibility index (Phi) is 5.41. The first-order chi connectivity index (χ1) is 12.7. The molecule has 8 heteroatoms. The number of pyridine rings is 1. The second-order valence-corrected chi connectivity index (χ2v) is 9.93. The third kappa shape index (κ3) is 3.78. The van der Waals surface area contributed by atoms with Crippen LogP contribution in [0, 0.1) is 6.92 Å². The van der Waals surface area contributed by atoms with Gasteiger partial charge in [0.05, 0.1) is 10.3 Å². The summed E-state index contributed by atoms with van der Waals surface area (Å²) in [6.07, 6.45) is 1.33. The highest BCUT2D eigenvalue weighted by Crippen LogP contribution is 2.29. The standard InChI is InChI=1S/C19H21N3O3S2/c1-12-18(15-7-5-6-8-16(15)21-12)19(23)13(2)26-17-10-9-14(11-20-17)27(24,25)22(3)4/h5-11,13,21H,1-4H3/t13-/m0/s1. The van der Waals surface area contributed by atoms with E-state index in [0.717, 1.165) is 20.9 Å². The number of fused-ring (bicyclic) bond motifs is 1. The maximum atomic E-state index is 13.0. The van der Waals surface area contributed by atoms with Crippen molar-refractivity contribution >= 4 is 38.5 Å². The van der Waals surface area contributed by atoms with Gasteiger partial charge in [0, 0.05) is 42.5 Å². The molecule has 0 radical (unpaired) electrons. The van der Waals surface area contributed by atoms with Crippen LogP contribution in [0.1, 0.15) is 23.0 Å². The molecule has 0 bridgehead atoms. The molecule has 0 saturated heterocycles. The lowest BCUT2D eigenvalue weighted by atomic mass is 10.1. The first kappa shape index (κ1) is 19.6. The summed E-state index contributed by atoms with van der Waals surface area (Å²) in [5.41, 5.74) is 2.47. The summed E-state index contributed by atoms with van der Waals surface area (Å²) in [4.78, 5) is 20.6. The van der Waals surface area contributed by atoms with Crippen LogP contribution >= 0.6 is 11.8 Å². The SMILES string of the molecule is Cc1[nH]c2ccccc2c1C(=O)[C@H](C)Sc1ccc(S(=O)(=O)N(C)C)cn1. The van der Waals surface area contributed by atoms with Gasteiger partial charge in [-0.25, -0.2) is 17.7 Å². The van der Waals surface area contributed by atoms with E-state index in [1.54, 1.807) is 6.07 Å². The van der Waals surface area contributed by atoms with E-state index < -0.39 is 10.0 Å². The molecule has 2 heterocycles. The molecular weight excluding hydrogens is 382 g/mol. The number of benzene rings is 1. The van der Waals surface area contributed by atoms with Crippen LogP contribution in [0.25, 0.3) is 10.9 Å². The van der Waals surface area contributed by atoms with Gasteiger partial charge in [0.15, 0.2) is 5.78 Å². The first-order valence-corrected chi connectivity index (χ1v) is 10.7. The number of carbonyl (C=O) groups is 1. The van der Waals surface area contributed by atoms with Crippen LogP contribution in [0.5, 0.6) is 0 Å². The highest BCUT2D eigenvalue weighted by molar-refractivity contribution is 8.00. The van der Waals surface area contributed by atoms with E-state index in [1.807, 2.05) is 38.1 Å². The molecule has 0 aliphatic rings. The predicted octanol–water partition coefficient (Wildman–Crippen LogP) is 3.49. The number of hydrogen-bond acceptors (Lipinski definition) is 5. The summed E-state index contributed by atoms with van der Waals surface area (Å²) >= 11 is 1.31. The zero-order valence-corrected chi connectivity index (χ0v) is 17.2. The Morgan fingerprint density at radius 2 is 1.89 bits per heavy atom. The van der Waals surface area contributed by atoms with Crippen LogP contribution < -0.4 is 0 Å². The molecule has 0 unspecified atom stereocenters. The summed E-state index contributed by atoms with van der Waals surface area (Å²) in [5, 5.41) is 1.16. The number of H-pyrrole nitrogens is 1. The van der Waals surface area contributed by atoms with Gasteiger partial charge in [-0.05, 0) is 32.0 Å². The maximum Gasteiger partial charge on any atom is 0.244 e. The summed E-state index contributed by atoms with van der Waals surface area (Å²) < 4.78 is 25.4. The van der Waals surface area contributed by atoms with Crippen LogP contribution in [0.4, 0.5) is 0 Å². The van der Waals surface area contributed by atoms with E-state index in [0.29, 0.717) is 10.6 Å². The third-order valence-electron chi connectivity index (χ3n) is 4.29. The van der Waals surface area contributed by atoms with Crippen LogP contribution in [0.15, 0.2) is 52.5 Å². The first-order valence-electron chi connectivity index (χ1n) is 8.38. The second kappa shape index (κ2) is 7.46. The molecule has 2 aromatic heterocycles. The smallest absolute Gasteiger partial charge is 0.244 e. The van der Waals surface area contributed by atoms with E-state index in [-0.39, 0.29) is 15.9 Å². The van der Waals surface area contributed by atoms with Crippen molar-refractivity contribution in [2.24, 2.45) is 0 Å². The monoisotopic (exact) mass is 403 g/mol. The number of para-hydroxylation sites is 1. The molecule has 0 saturated carbocycles. The molecule has 1 atom stereocenters. The lowest BCUT2D eigenvalue weighted by molar-refractivity contribution is 0.0995. The van der Waals surface area contributed by atoms with E-state index in [4.69, 9.17) is 0 Å². The number of thioether (sulfide) groups is 1. The Labute approximate surface area is 163 Å². The molecule has 0 spiro atoms. The van der Waals surface area contributed by atoms with Crippen molar-refractivity contribution in [3.63, 3.8) is 0 Å². The van der Waals surface area contributed by atoms with Gasteiger partial charge in [0.25, 0.3) is 0 Å². The normalized spacial score (nSPS) is 13.2. The highest BCUT2D eigenvalue weighted by Gasteiger charge is 2.23. The molecule has 1 N–H and O–H groups in total. The van der Waals surface area contributed by atoms with Crippen molar-refractivity contribution in [2.75, 3.05) is 14.1 Å². The van der Waals surface area contributed by atoms with E-state index in [9.17, 15) is 13.2 Å². The van der Waals surface area contributed by atoms with Crippen LogP contribution in [0.2, 0.25) is 0 Å². The number of nitrogens with zero attached hydrogens (tertiary/aromatic N) is 2. The quantitative estimate of drug-likeness (QED) is 0.503. The summed E-state index contributed by atoms with van der Waals surface area (Å²) in [6.45, 7) is 3.73. The van der Waals surface area contributed by atoms with Crippen LogP contribution in [0.3, 0.4) is 0 Å². The van der Waals surface area contributed by atoms with Gasteiger partial charge < -0.3 is 4.98 Å². The molecule has 0 aliphatic carbocycles. The topological polar surface area (TPSA) is 83.1 Å². The van der Waals surface area contributed by atoms with Crippen molar-refractivity contribution < 1.29 is 13.2 Å². The van der Waals surface area contributed by atoms with Crippen molar-refractivity contribution in [1.29, 1.82) is 0 Å². The number of rotatable bonds is 6. The van der Waals surface area contributed by atoms with E-state index in [1.165, 1.54) is 38.1 Å². The molecule has 142 valence electrons. The number of nitrogens with one attached hydrogen (secondary N) is 1. The Hall–Kier alpha value is -2.16. The number of ketones is 1.